The molecule has 16 heteroatoms. The standard InChI is InChI=1S/C46H10F8N8/c1-60-44-27(20-12-8-5-9-13-20)29(24(17-58)33-38(49)42(53)46(62-3)43(54)39(33)50)31-23(16-57)30-28(22(15-56)32(31)44)21(14-55)26(19-10-6-4-7-11-19)34(30)45(61-2)35-40(51)36(47)25(18-59)37(48)41(35)52/h4-13H/b29-24+,45-34-. The predicted octanol–water partition coefficient (Wildman–Crippen LogP) is 11.4. The molecule has 5 aromatic carbocycles. The van der Waals surface area contributed by atoms with E-state index in [9.17, 15) is 26.3 Å². The second-order valence-corrected chi connectivity index (χ2v) is 12.8. The van der Waals surface area contributed by atoms with Gasteiger partial charge in [-0.05, 0) is 39.0 Å². The summed E-state index contributed by atoms with van der Waals surface area (Å²) in [5.41, 5.74) is -17.5. The lowest BCUT2D eigenvalue weighted by atomic mass is 9.81. The van der Waals surface area contributed by atoms with Crippen LogP contribution in [-0.2, 0) is 0 Å². The minimum atomic E-state index is -2.26. The third kappa shape index (κ3) is 5.44. The number of nitrogens with zero attached hydrogens (tertiary/aromatic N) is 8. The van der Waals surface area contributed by atoms with Gasteiger partial charge in [0.25, 0.3) is 5.69 Å². The zero-order chi connectivity index (χ0) is 44.9. The summed E-state index contributed by atoms with van der Waals surface area (Å²) in [5, 5.41) is 52.9. The third-order valence-corrected chi connectivity index (χ3v) is 9.97. The number of hydrogen-bond acceptors (Lipinski definition) is 5. The van der Waals surface area contributed by atoms with Crippen LogP contribution in [0.5, 0.6) is 0 Å². The van der Waals surface area contributed by atoms with Gasteiger partial charge in [-0.15, -0.1) is 0 Å². The molecule has 62 heavy (non-hydrogen) atoms. The van der Waals surface area contributed by atoms with Gasteiger partial charge in [-0.25, -0.2) is 49.7 Å². The molecule has 0 saturated heterocycles. The van der Waals surface area contributed by atoms with Gasteiger partial charge < -0.3 is 0 Å². The average molecular weight is 827 g/mol. The summed E-state index contributed by atoms with van der Waals surface area (Å²) in [7, 11) is 0. The molecule has 2 aliphatic carbocycles. The molecule has 0 radical (unpaired) electrons. The smallest absolute Gasteiger partial charge is 0.237 e. The van der Waals surface area contributed by atoms with E-state index in [0.717, 1.165) is 6.07 Å². The van der Waals surface area contributed by atoms with Gasteiger partial charge in [-0.3, -0.25) is 0 Å². The summed E-state index contributed by atoms with van der Waals surface area (Å²) in [4.78, 5) is 9.24. The maximum Gasteiger partial charge on any atom is 0.262 e. The van der Waals surface area contributed by atoms with Crippen LogP contribution >= 0.6 is 0 Å². The lowest BCUT2D eigenvalue weighted by Gasteiger charge is -2.19. The summed E-state index contributed by atoms with van der Waals surface area (Å²) in [6, 6.07) is 21.7. The molecule has 0 aliphatic heterocycles. The summed E-state index contributed by atoms with van der Waals surface area (Å²) < 4.78 is 125. The van der Waals surface area contributed by atoms with Gasteiger partial charge in [-0.2, -0.15) is 26.3 Å². The van der Waals surface area contributed by atoms with Crippen LogP contribution in [0.15, 0.2) is 60.7 Å². The highest BCUT2D eigenvalue weighted by Gasteiger charge is 2.45. The maximum absolute atomic E-state index is 16.0. The van der Waals surface area contributed by atoms with Crippen molar-refractivity contribution in [1.29, 1.82) is 26.3 Å². The van der Waals surface area contributed by atoms with Crippen LogP contribution < -0.4 is 0 Å². The largest absolute Gasteiger partial charge is 0.262 e. The van der Waals surface area contributed by atoms with Crippen molar-refractivity contribution in [2.75, 3.05) is 0 Å². The maximum atomic E-state index is 16.0. The van der Waals surface area contributed by atoms with Crippen molar-refractivity contribution in [2.24, 2.45) is 0 Å². The van der Waals surface area contributed by atoms with Crippen molar-refractivity contribution < 1.29 is 35.1 Å². The minimum absolute atomic E-state index is 0.0451. The Morgan fingerprint density at radius 1 is 0.468 bits per heavy atom. The van der Waals surface area contributed by atoms with Gasteiger partial charge in [-0.1, -0.05) is 60.7 Å². The zero-order valence-corrected chi connectivity index (χ0v) is 30.4. The average Bonchev–Trinajstić information content (AvgIpc) is 3.81. The van der Waals surface area contributed by atoms with E-state index in [4.69, 9.17) is 19.7 Å². The lowest BCUT2D eigenvalue weighted by Crippen LogP contribution is -2.09. The molecule has 290 valence electrons. The summed E-state index contributed by atoms with van der Waals surface area (Å²) >= 11 is 0. The molecule has 0 aromatic heterocycles. The normalized spacial score (nSPS) is 13.9. The molecule has 8 nitrogen and oxygen atoms in total. The van der Waals surface area contributed by atoms with Crippen LogP contribution in [-0.4, -0.2) is 0 Å². The van der Waals surface area contributed by atoms with Crippen LogP contribution in [0.3, 0.4) is 0 Å². The van der Waals surface area contributed by atoms with E-state index in [1.165, 1.54) is 66.7 Å². The first-order valence-electron chi connectivity index (χ1n) is 17.0. The molecule has 0 heterocycles. The fourth-order valence-corrected chi connectivity index (χ4v) is 7.54. The molecule has 0 saturated carbocycles. The SMILES string of the molecule is [C-]#[N+]C1=C(c2ccccc2)/C(=C(/C#N)c2c(F)c(F)c([N+]#[C-])c(F)c2F)c2c(C#N)c3c(c(C#N)c21)C(C#N)=C(c1ccccc1)/C3=C(/[N+]#[C-])c1c(F)c(F)c(C#N)c(F)c1F. The van der Waals surface area contributed by atoms with E-state index in [1.54, 1.807) is 6.07 Å². The first-order valence-corrected chi connectivity index (χ1v) is 17.0. The Morgan fingerprint density at radius 2 is 0.935 bits per heavy atom. The highest BCUT2D eigenvalue weighted by molar-refractivity contribution is 6.35. The fourth-order valence-electron chi connectivity index (χ4n) is 7.54. The molecular weight excluding hydrogens is 817 g/mol. The van der Waals surface area contributed by atoms with Gasteiger partial charge in [0, 0.05) is 16.7 Å². The van der Waals surface area contributed by atoms with Crippen molar-refractivity contribution in [3.63, 3.8) is 0 Å². The highest BCUT2D eigenvalue weighted by Crippen LogP contribution is 2.60. The fraction of sp³-hybridized carbons (Fsp3) is 0. The van der Waals surface area contributed by atoms with Crippen LogP contribution in [0.1, 0.15) is 61.2 Å². The molecule has 5 aromatic rings. The first kappa shape index (κ1) is 40.6. The molecule has 0 bridgehead atoms. The Bertz CT molecular complexity index is 3180. The Hall–Kier alpha value is -9.58. The number of halogens is 8. The van der Waals surface area contributed by atoms with Crippen molar-refractivity contribution in [3.05, 3.63) is 203 Å². The molecule has 0 unspecified atom stereocenters. The number of hydrogen-bond donors (Lipinski definition) is 0. The third-order valence-electron chi connectivity index (χ3n) is 9.97. The van der Waals surface area contributed by atoms with Gasteiger partial charge >= 0.3 is 0 Å². The molecule has 0 N–H and O–H groups in total. The Kier molecular flexibility index (Phi) is 10.0. The van der Waals surface area contributed by atoms with Crippen LogP contribution in [0, 0.1) is 123 Å². The minimum Gasteiger partial charge on any atom is -0.237 e. The van der Waals surface area contributed by atoms with Crippen LogP contribution in [0.2, 0.25) is 0 Å². The molecule has 0 amide bonds. The monoisotopic (exact) mass is 826 g/mol. The summed E-state index contributed by atoms with van der Waals surface area (Å²) in [6.07, 6.45) is 0. The van der Waals surface area contributed by atoms with E-state index in [2.05, 4.69) is 14.5 Å². The summed E-state index contributed by atoms with van der Waals surface area (Å²) in [5.74, 6) is -17.9. The van der Waals surface area contributed by atoms with Crippen molar-refractivity contribution in [3.8, 4) is 30.3 Å². The van der Waals surface area contributed by atoms with Crippen molar-refractivity contribution in [2.45, 2.75) is 0 Å². The predicted molar refractivity (Wildman–Crippen MR) is 204 cm³/mol. The topological polar surface area (TPSA) is 132 Å². The Balaban J connectivity index is 1.84. The van der Waals surface area contributed by atoms with Gasteiger partial charge in [0.1, 0.15) is 29.8 Å². The second-order valence-electron chi connectivity index (χ2n) is 12.8. The second kappa shape index (κ2) is 15.3. The van der Waals surface area contributed by atoms with E-state index in [-0.39, 0.29) is 11.1 Å². The first-order chi connectivity index (χ1) is 29.8. The number of fused-ring (bicyclic) bond motifs is 2. The quantitative estimate of drug-likeness (QED) is 0.0770. The number of benzene rings is 5. The lowest BCUT2D eigenvalue weighted by molar-refractivity contribution is 0.447. The van der Waals surface area contributed by atoms with E-state index >= 15 is 35.1 Å². The number of rotatable bonds is 4. The highest BCUT2D eigenvalue weighted by atomic mass is 19.2. The van der Waals surface area contributed by atoms with Crippen molar-refractivity contribution >= 4 is 50.5 Å². The van der Waals surface area contributed by atoms with Crippen LogP contribution in [0.4, 0.5) is 40.8 Å². The molecule has 7 rings (SSSR count). The molecule has 2 aliphatic rings. The zero-order valence-electron chi connectivity index (χ0n) is 30.4. The van der Waals surface area contributed by atoms with E-state index < -0.39 is 147 Å². The van der Waals surface area contributed by atoms with Gasteiger partial charge in [0.15, 0.2) is 46.5 Å². The number of allylic oxidation sites excluding steroid dienone is 6. The van der Waals surface area contributed by atoms with Crippen LogP contribution in [0.25, 0.3) is 59.4 Å². The molecule has 0 spiro atoms. The summed E-state index contributed by atoms with van der Waals surface area (Å²) in [6.45, 7) is 23.5. The van der Waals surface area contributed by atoms with Gasteiger partial charge in [0.05, 0.1) is 59.2 Å². The van der Waals surface area contributed by atoms with Gasteiger partial charge in [0.2, 0.25) is 11.4 Å². The molecular formula is C46H10F8N8. The molecule has 0 atom stereocenters. The van der Waals surface area contributed by atoms with Crippen molar-refractivity contribution in [1.82, 2.24) is 0 Å². The number of nitriles is 5. The Morgan fingerprint density at radius 3 is 1.37 bits per heavy atom. The molecule has 0 fully saturated rings. The Labute approximate surface area is 344 Å². The van der Waals surface area contributed by atoms with E-state index in [0.29, 0.717) is 0 Å². The van der Waals surface area contributed by atoms with E-state index in [1.807, 2.05) is 12.1 Å².